The molecule has 0 heterocycles. The lowest BCUT2D eigenvalue weighted by Crippen LogP contribution is -2.39. The van der Waals surface area contributed by atoms with E-state index in [-0.39, 0.29) is 6.42 Å². The van der Waals surface area contributed by atoms with Crippen molar-refractivity contribution in [3.05, 3.63) is 35.6 Å². The molecule has 2 N–H and O–H groups in total. The zero-order valence-electron chi connectivity index (χ0n) is 10.7. The Balaban J connectivity index is 3.21. The summed E-state index contributed by atoms with van der Waals surface area (Å²) < 4.78 is 13.2. The van der Waals surface area contributed by atoms with Gasteiger partial charge in [0, 0.05) is 0 Å². The number of hydrogen-bond acceptors (Lipinski definition) is 2. The Morgan fingerprint density at radius 2 is 2.11 bits per heavy atom. The van der Waals surface area contributed by atoms with Crippen LogP contribution in [0.2, 0.25) is 0 Å². The number of rotatable bonds is 6. The molecular formula is C14H19FO3. The normalized spacial score (nSPS) is 16.0. The fourth-order valence-electron chi connectivity index (χ4n) is 2.26. The molecule has 0 radical (unpaired) electrons. The molecule has 0 aliphatic heterocycles. The van der Waals surface area contributed by atoms with E-state index in [1.807, 2.05) is 6.92 Å². The van der Waals surface area contributed by atoms with Crippen LogP contribution in [-0.4, -0.2) is 16.2 Å². The highest BCUT2D eigenvalue weighted by Crippen LogP contribution is 2.36. The third-order valence-corrected chi connectivity index (χ3v) is 3.32. The molecule has 2 unspecified atom stereocenters. The molecule has 2 atom stereocenters. The van der Waals surface area contributed by atoms with Gasteiger partial charge in [-0.2, -0.15) is 0 Å². The molecule has 1 aromatic carbocycles. The summed E-state index contributed by atoms with van der Waals surface area (Å²) in [5, 5.41) is 19.9. The third kappa shape index (κ3) is 2.88. The molecule has 0 saturated heterocycles. The minimum Gasteiger partial charge on any atom is -0.481 e. The van der Waals surface area contributed by atoms with Gasteiger partial charge in [-0.3, -0.25) is 4.79 Å². The lowest BCUT2D eigenvalue weighted by Gasteiger charge is -2.33. The lowest BCUT2D eigenvalue weighted by molar-refractivity contribution is -0.154. The standard InChI is InChI=1S/C14H19FO3/c1-3-6-12(13(16)17)14(18,4-2)10-7-5-8-11(15)9-10/h5,7-9,12,18H,3-4,6H2,1-2H3,(H,16,17). The van der Waals surface area contributed by atoms with Crippen molar-refractivity contribution in [3.8, 4) is 0 Å². The Labute approximate surface area is 106 Å². The fourth-order valence-corrected chi connectivity index (χ4v) is 2.26. The van der Waals surface area contributed by atoms with Crippen LogP contribution in [0.4, 0.5) is 4.39 Å². The summed E-state index contributed by atoms with van der Waals surface area (Å²) in [6, 6.07) is 5.53. The van der Waals surface area contributed by atoms with Crippen molar-refractivity contribution in [1.29, 1.82) is 0 Å². The molecule has 0 amide bonds. The highest BCUT2D eigenvalue weighted by Gasteiger charge is 2.41. The topological polar surface area (TPSA) is 57.5 Å². The Bertz CT molecular complexity index is 419. The summed E-state index contributed by atoms with van der Waals surface area (Å²) in [5.74, 6) is -2.44. The van der Waals surface area contributed by atoms with Crippen LogP contribution in [0.1, 0.15) is 38.7 Å². The fraction of sp³-hybridized carbons (Fsp3) is 0.500. The Morgan fingerprint density at radius 1 is 1.44 bits per heavy atom. The van der Waals surface area contributed by atoms with Crippen molar-refractivity contribution in [1.82, 2.24) is 0 Å². The lowest BCUT2D eigenvalue weighted by atomic mass is 9.77. The average Bonchev–Trinajstić information content (AvgIpc) is 2.34. The molecule has 0 saturated carbocycles. The van der Waals surface area contributed by atoms with E-state index in [4.69, 9.17) is 0 Å². The molecule has 18 heavy (non-hydrogen) atoms. The molecule has 0 fully saturated rings. The molecule has 1 rings (SSSR count). The van der Waals surface area contributed by atoms with Crippen LogP contribution in [-0.2, 0) is 10.4 Å². The summed E-state index contributed by atoms with van der Waals surface area (Å²) in [4.78, 5) is 11.3. The maximum Gasteiger partial charge on any atom is 0.309 e. The minimum absolute atomic E-state index is 0.230. The van der Waals surface area contributed by atoms with Gasteiger partial charge in [-0.15, -0.1) is 0 Å². The van der Waals surface area contributed by atoms with E-state index in [1.165, 1.54) is 18.2 Å². The van der Waals surface area contributed by atoms with E-state index in [0.717, 1.165) is 0 Å². The van der Waals surface area contributed by atoms with Gasteiger partial charge >= 0.3 is 5.97 Å². The van der Waals surface area contributed by atoms with E-state index in [0.29, 0.717) is 18.4 Å². The van der Waals surface area contributed by atoms with Gasteiger partial charge in [0.05, 0.1) is 5.92 Å². The van der Waals surface area contributed by atoms with Gasteiger partial charge in [0.1, 0.15) is 11.4 Å². The first-order valence-electron chi connectivity index (χ1n) is 6.17. The first kappa shape index (κ1) is 14.6. The number of aliphatic hydroxyl groups is 1. The van der Waals surface area contributed by atoms with E-state index < -0.39 is 23.3 Å². The average molecular weight is 254 g/mol. The third-order valence-electron chi connectivity index (χ3n) is 3.32. The van der Waals surface area contributed by atoms with Crippen LogP contribution >= 0.6 is 0 Å². The van der Waals surface area contributed by atoms with E-state index in [9.17, 15) is 19.4 Å². The molecule has 0 aliphatic carbocycles. The first-order chi connectivity index (χ1) is 8.45. The highest BCUT2D eigenvalue weighted by atomic mass is 19.1. The van der Waals surface area contributed by atoms with Crippen molar-refractivity contribution < 1.29 is 19.4 Å². The van der Waals surface area contributed by atoms with E-state index in [2.05, 4.69) is 0 Å². The van der Waals surface area contributed by atoms with Crippen LogP contribution in [0.15, 0.2) is 24.3 Å². The monoisotopic (exact) mass is 254 g/mol. The summed E-state index contributed by atoms with van der Waals surface area (Å²) in [7, 11) is 0. The van der Waals surface area contributed by atoms with E-state index >= 15 is 0 Å². The zero-order chi connectivity index (χ0) is 13.8. The minimum atomic E-state index is -1.52. The summed E-state index contributed by atoms with van der Waals surface area (Å²) in [6.45, 7) is 3.56. The molecule has 1 aromatic rings. The van der Waals surface area contributed by atoms with Gasteiger partial charge in [0.15, 0.2) is 0 Å². The summed E-state index contributed by atoms with van der Waals surface area (Å²) >= 11 is 0. The smallest absolute Gasteiger partial charge is 0.309 e. The van der Waals surface area contributed by atoms with Gasteiger partial charge in [-0.05, 0) is 30.5 Å². The van der Waals surface area contributed by atoms with Crippen molar-refractivity contribution in [2.45, 2.75) is 38.7 Å². The molecule has 100 valence electrons. The van der Waals surface area contributed by atoms with Crippen LogP contribution in [0.25, 0.3) is 0 Å². The number of hydrogen-bond donors (Lipinski definition) is 2. The predicted octanol–water partition coefficient (Wildman–Crippen LogP) is 2.92. The molecular weight excluding hydrogens is 235 g/mol. The molecule has 0 bridgehead atoms. The second-order valence-electron chi connectivity index (χ2n) is 4.47. The Morgan fingerprint density at radius 3 is 2.56 bits per heavy atom. The van der Waals surface area contributed by atoms with Gasteiger partial charge < -0.3 is 10.2 Å². The molecule has 4 heteroatoms. The number of carboxylic acids is 1. The Kier molecular flexibility index (Phi) is 4.84. The highest BCUT2D eigenvalue weighted by molar-refractivity contribution is 5.72. The number of aliphatic carboxylic acids is 1. The van der Waals surface area contributed by atoms with E-state index in [1.54, 1.807) is 13.0 Å². The predicted molar refractivity (Wildman–Crippen MR) is 66.6 cm³/mol. The number of halogens is 1. The van der Waals surface area contributed by atoms with Crippen molar-refractivity contribution >= 4 is 5.97 Å². The van der Waals surface area contributed by atoms with Gasteiger partial charge in [0.2, 0.25) is 0 Å². The number of benzene rings is 1. The van der Waals surface area contributed by atoms with Crippen LogP contribution in [0.3, 0.4) is 0 Å². The Hall–Kier alpha value is -1.42. The second-order valence-corrected chi connectivity index (χ2v) is 4.47. The summed E-state index contributed by atoms with van der Waals surface area (Å²) in [6.07, 6.45) is 1.23. The summed E-state index contributed by atoms with van der Waals surface area (Å²) in [5.41, 5.74) is -1.20. The van der Waals surface area contributed by atoms with Gasteiger partial charge in [-0.25, -0.2) is 4.39 Å². The van der Waals surface area contributed by atoms with Gasteiger partial charge in [-0.1, -0.05) is 32.4 Å². The van der Waals surface area contributed by atoms with Crippen LogP contribution in [0, 0.1) is 11.7 Å². The zero-order valence-corrected chi connectivity index (χ0v) is 10.7. The van der Waals surface area contributed by atoms with Gasteiger partial charge in [0.25, 0.3) is 0 Å². The van der Waals surface area contributed by atoms with Crippen molar-refractivity contribution in [3.63, 3.8) is 0 Å². The van der Waals surface area contributed by atoms with Crippen LogP contribution in [0.5, 0.6) is 0 Å². The quantitative estimate of drug-likeness (QED) is 0.820. The van der Waals surface area contributed by atoms with Crippen LogP contribution < -0.4 is 0 Å². The first-order valence-corrected chi connectivity index (χ1v) is 6.17. The molecule has 0 aliphatic rings. The maximum absolute atomic E-state index is 13.2. The van der Waals surface area contributed by atoms with Crippen molar-refractivity contribution in [2.75, 3.05) is 0 Å². The molecule has 0 aromatic heterocycles. The molecule has 0 spiro atoms. The number of carbonyl (C=O) groups is 1. The number of carboxylic acid groups (broad SMARTS) is 1. The SMILES string of the molecule is CCCC(C(=O)O)C(O)(CC)c1cccc(F)c1. The molecule has 3 nitrogen and oxygen atoms in total. The maximum atomic E-state index is 13.2. The van der Waals surface area contributed by atoms with Crippen molar-refractivity contribution in [2.24, 2.45) is 5.92 Å². The largest absolute Gasteiger partial charge is 0.481 e. The second kappa shape index (κ2) is 5.96.